The molecule has 0 rings (SSSR count). The Morgan fingerprint density at radius 1 is 0.522 bits per heavy atom. The summed E-state index contributed by atoms with van der Waals surface area (Å²) in [6.07, 6.45) is 10.9. The lowest BCUT2D eigenvalue weighted by Gasteiger charge is -2.15. The largest absolute Gasteiger partial charge is 0.481 e. The Bertz CT molecular complexity index is 1440. The monoisotopic (exact) mass is 979 g/mol. The van der Waals surface area contributed by atoms with Crippen molar-refractivity contribution >= 4 is 64.9 Å². The van der Waals surface area contributed by atoms with Crippen molar-refractivity contribution < 1.29 is 82.5 Å². The second-order valence-electron chi connectivity index (χ2n) is 16.0. The van der Waals surface area contributed by atoms with Crippen molar-refractivity contribution in [3.8, 4) is 0 Å². The van der Waals surface area contributed by atoms with Gasteiger partial charge in [0.1, 0.15) is 30.8 Å². The van der Waals surface area contributed by atoms with Crippen LogP contribution >= 0.6 is 11.8 Å². The molecule has 0 aromatic carbocycles. The number of thioether (sulfide) groups is 1. The van der Waals surface area contributed by atoms with Gasteiger partial charge in [-0.2, -0.15) is 11.8 Å². The summed E-state index contributed by atoms with van der Waals surface area (Å²) in [5.41, 5.74) is 0. The molecule has 0 saturated carbocycles. The highest BCUT2D eigenvalue weighted by Gasteiger charge is 2.25. The smallest absolute Gasteiger partial charge is 0.326 e. The summed E-state index contributed by atoms with van der Waals surface area (Å²) >= 11 is 1.24. The molecular weight excluding hydrogens is 901 g/mol. The van der Waals surface area contributed by atoms with E-state index >= 15 is 0 Å². The van der Waals surface area contributed by atoms with Crippen LogP contribution in [0.3, 0.4) is 0 Å². The van der Waals surface area contributed by atoms with Gasteiger partial charge in [0.15, 0.2) is 0 Å². The molecule has 0 aliphatic heterocycles. The normalized spacial score (nSPS) is 12.4. The predicted octanol–water partition coefficient (Wildman–Crippen LogP) is 2.28. The molecule has 4 amide bonds. The third-order valence-corrected chi connectivity index (χ3v) is 11.3. The quantitative estimate of drug-likeness (QED) is 0.0406. The van der Waals surface area contributed by atoms with Crippen molar-refractivity contribution in [3.63, 3.8) is 0 Å². The number of carboxylic acids is 3. The Morgan fingerprint density at radius 2 is 1.04 bits per heavy atom. The van der Waals surface area contributed by atoms with Crippen molar-refractivity contribution in [2.75, 3.05) is 90.6 Å². The molecule has 21 nitrogen and oxygen atoms in total. The average molecular weight is 979 g/mol. The molecule has 0 spiro atoms. The summed E-state index contributed by atoms with van der Waals surface area (Å²) in [5.74, 6) is -6.03. The van der Waals surface area contributed by atoms with Gasteiger partial charge in [-0.15, -0.1) is 0 Å². The molecule has 0 unspecified atom stereocenters. The third kappa shape index (κ3) is 39.5. The molecule has 0 fully saturated rings. The van der Waals surface area contributed by atoms with E-state index in [0.29, 0.717) is 25.0 Å². The molecule has 0 radical (unpaired) electrons. The summed E-state index contributed by atoms with van der Waals surface area (Å²) in [6, 6.07) is -1.13. The molecule has 0 heterocycles. The van der Waals surface area contributed by atoms with Gasteiger partial charge >= 0.3 is 17.9 Å². The van der Waals surface area contributed by atoms with E-state index in [1.807, 2.05) is 0 Å². The van der Waals surface area contributed by atoms with Gasteiger partial charge in [-0.05, 0) is 32.1 Å². The Hall–Kier alpha value is -4.22. The van der Waals surface area contributed by atoms with Crippen LogP contribution in [0.5, 0.6) is 0 Å². The van der Waals surface area contributed by atoms with Crippen molar-refractivity contribution in [2.24, 2.45) is 11.8 Å². The number of aliphatic carboxylic acids is 3. The minimum Gasteiger partial charge on any atom is -0.481 e. The predicted molar refractivity (Wildman–Crippen MR) is 247 cm³/mol. The molecule has 386 valence electrons. The highest BCUT2D eigenvalue weighted by molar-refractivity contribution is 7.99. The summed E-state index contributed by atoms with van der Waals surface area (Å²) in [5, 5.41) is 46.8. The first-order valence-corrected chi connectivity index (χ1v) is 24.7. The van der Waals surface area contributed by atoms with E-state index in [1.54, 1.807) is 6.92 Å². The lowest BCUT2D eigenvalue weighted by atomic mass is 9.94. The Morgan fingerprint density at radius 3 is 1.58 bits per heavy atom. The van der Waals surface area contributed by atoms with Gasteiger partial charge < -0.3 is 60.6 Å². The number of nitrogens with one attached hydrogen (secondary N) is 4. The van der Waals surface area contributed by atoms with Crippen molar-refractivity contribution in [2.45, 2.75) is 129 Å². The van der Waals surface area contributed by atoms with Crippen LogP contribution in [0.2, 0.25) is 0 Å². The van der Waals surface area contributed by atoms with Gasteiger partial charge in [0.2, 0.25) is 23.6 Å². The summed E-state index contributed by atoms with van der Waals surface area (Å²) in [7, 11) is 0. The number of hydrogen-bond donors (Lipinski definition) is 8. The van der Waals surface area contributed by atoms with Crippen molar-refractivity contribution in [1.82, 2.24) is 21.3 Å². The van der Waals surface area contributed by atoms with E-state index in [1.165, 1.54) is 11.8 Å². The fourth-order valence-corrected chi connectivity index (χ4v) is 7.37. The maximum absolute atomic E-state index is 12.3. The highest BCUT2D eigenvalue weighted by atomic mass is 32.2. The standard InChI is InChI=1S/C45H78N4O17S/c1-2-34(38(52)28-35(29-50)44(59)60)32-67-33-42(56)47-20-19-46-40(54)30-66-27-25-64-23-21-48-41(55)31-65-26-24-63-22-13-14-36(51)17-18-37(45(61)62)49-39(53)15-11-9-7-5-3-4-6-8-10-12-16-43(57)58/h34-35,37,50H,2-33H2,1H3,(H,46,54)(H,47,56)(H,48,55)(H,49,53)(H,57,58)(H,59,60)(H,61,62)/t34-,35-,37-/m0/s1. The molecule has 0 aliphatic rings. The zero-order chi connectivity index (χ0) is 49.9. The van der Waals surface area contributed by atoms with Gasteiger partial charge in [-0.3, -0.25) is 38.4 Å². The van der Waals surface area contributed by atoms with Crippen LogP contribution in [-0.4, -0.2) is 170 Å². The molecule has 0 saturated heterocycles. The van der Waals surface area contributed by atoms with E-state index in [0.717, 1.165) is 57.8 Å². The number of amides is 4. The molecule has 8 N–H and O–H groups in total. The van der Waals surface area contributed by atoms with Crippen LogP contribution < -0.4 is 21.3 Å². The van der Waals surface area contributed by atoms with Crippen LogP contribution in [-0.2, 0) is 62.1 Å². The van der Waals surface area contributed by atoms with Crippen LogP contribution in [0.4, 0.5) is 0 Å². The second-order valence-corrected chi connectivity index (χ2v) is 17.0. The summed E-state index contributed by atoms with van der Waals surface area (Å²) in [6.45, 7) is 2.57. The zero-order valence-corrected chi connectivity index (χ0v) is 40.2. The Balaban J connectivity index is 3.74. The van der Waals surface area contributed by atoms with Crippen LogP contribution in [0.15, 0.2) is 0 Å². The molecule has 0 bridgehead atoms. The zero-order valence-electron chi connectivity index (χ0n) is 39.4. The number of aliphatic hydroxyl groups is 1. The van der Waals surface area contributed by atoms with E-state index < -0.39 is 42.4 Å². The number of Topliss-reactive ketones (excluding diaryl/α,β-unsaturated/α-hetero) is 2. The maximum atomic E-state index is 12.3. The van der Waals surface area contributed by atoms with Gasteiger partial charge in [0.25, 0.3) is 0 Å². The molecule has 22 heteroatoms. The van der Waals surface area contributed by atoms with E-state index in [4.69, 9.17) is 34.3 Å². The number of rotatable bonds is 48. The first-order valence-electron chi connectivity index (χ1n) is 23.5. The molecule has 0 aliphatic carbocycles. The lowest BCUT2D eigenvalue weighted by Crippen LogP contribution is -2.41. The molecular formula is C45H78N4O17S. The van der Waals surface area contributed by atoms with Crippen molar-refractivity contribution in [1.29, 1.82) is 0 Å². The van der Waals surface area contributed by atoms with Crippen LogP contribution in [0.25, 0.3) is 0 Å². The number of ether oxygens (including phenoxy) is 4. The number of carboxylic acid groups (broad SMARTS) is 3. The SMILES string of the molecule is CC[C@@H](CSCC(=O)NCCNC(=O)COCCOCCNC(=O)COCCOCCCC(=O)CC[C@H](NC(=O)CCCCCCCCCCCCC(=O)O)C(=O)O)C(=O)C[C@@H](CO)C(=O)O. The summed E-state index contributed by atoms with van der Waals surface area (Å²) in [4.78, 5) is 106. The van der Waals surface area contributed by atoms with Gasteiger partial charge in [0.05, 0.1) is 51.3 Å². The van der Waals surface area contributed by atoms with Gasteiger partial charge in [-0.1, -0.05) is 58.3 Å². The number of carbonyl (C=O) groups is 9. The average Bonchev–Trinajstić information content (AvgIpc) is 3.28. The number of carbonyl (C=O) groups excluding carboxylic acids is 6. The first-order chi connectivity index (χ1) is 32.2. The number of aliphatic hydroxyl groups excluding tert-OH is 1. The third-order valence-electron chi connectivity index (χ3n) is 10.2. The second kappa shape index (κ2) is 43.1. The topological polar surface area (TPSA) is 320 Å². The molecule has 67 heavy (non-hydrogen) atoms. The van der Waals surface area contributed by atoms with Crippen molar-refractivity contribution in [3.05, 3.63) is 0 Å². The van der Waals surface area contributed by atoms with Crippen LogP contribution in [0.1, 0.15) is 122 Å². The number of unbranched alkanes of at least 4 members (excludes halogenated alkanes) is 9. The minimum absolute atomic E-state index is 0.00782. The first kappa shape index (κ1) is 62.8. The van der Waals surface area contributed by atoms with Gasteiger partial charge in [0, 0.05) is 70.0 Å². The van der Waals surface area contributed by atoms with Gasteiger partial charge in [-0.25, -0.2) is 4.79 Å². The molecule has 3 atom stereocenters. The maximum Gasteiger partial charge on any atom is 0.326 e. The van der Waals surface area contributed by atoms with E-state index in [2.05, 4.69) is 21.3 Å². The fourth-order valence-electron chi connectivity index (χ4n) is 6.26. The molecule has 0 aromatic rings. The van der Waals surface area contributed by atoms with E-state index in [9.17, 15) is 48.3 Å². The van der Waals surface area contributed by atoms with Crippen LogP contribution in [0, 0.1) is 11.8 Å². The Labute approximate surface area is 398 Å². The Kier molecular flexibility index (Phi) is 40.4. The minimum atomic E-state index is -1.23. The number of ketones is 2. The highest BCUT2D eigenvalue weighted by Crippen LogP contribution is 2.18. The summed E-state index contributed by atoms with van der Waals surface area (Å²) < 4.78 is 21.4. The number of hydrogen-bond acceptors (Lipinski definition) is 15. The molecule has 0 aromatic heterocycles. The lowest BCUT2D eigenvalue weighted by molar-refractivity contribution is -0.145. The van der Waals surface area contributed by atoms with E-state index in [-0.39, 0.29) is 152 Å². The fraction of sp³-hybridized carbons (Fsp3) is 0.800.